The van der Waals surface area contributed by atoms with Crippen molar-refractivity contribution in [1.82, 2.24) is 10.6 Å². The number of fused-ring (bicyclic) bond motifs is 1. The van der Waals surface area contributed by atoms with E-state index in [2.05, 4.69) is 10.6 Å². The van der Waals surface area contributed by atoms with Crippen LogP contribution in [0.2, 0.25) is 0 Å². The van der Waals surface area contributed by atoms with Gasteiger partial charge in [-0.2, -0.15) is 0 Å². The van der Waals surface area contributed by atoms with Crippen molar-refractivity contribution in [3.8, 4) is 11.5 Å². The van der Waals surface area contributed by atoms with E-state index in [1.165, 1.54) is 0 Å². The van der Waals surface area contributed by atoms with Crippen molar-refractivity contribution in [2.45, 2.75) is 25.6 Å². The van der Waals surface area contributed by atoms with Gasteiger partial charge in [0.2, 0.25) is 5.91 Å². The molecular formula is C19H22N2O3. The summed E-state index contributed by atoms with van der Waals surface area (Å²) in [4.78, 5) is 12.1. The van der Waals surface area contributed by atoms with Crippen molar-refractivity contribution in [2.24, 2.45) is 0 Å². The minimum atomic E-state index is -0.297. The smallest absolute Gasteiger partial charge is 0.237 e. The van der Waals surface area contributed by atoms with E-state index < -0.39 is 0 Å². The zero-order valence-corrected chi connectivity index (χ0v) is 13.7. The normalized spacial score (nSPS) is 17.1. The molecule has 0 spiro atoms. The van der Waals surface area contributed by atoms with E-state index in [9.17, 15) is 4.79 Å². The van der Waals surface area contributed by atoms with Crippen molar-refractivity contribution < 1.29 is 14.3 Å². The summed E-state index contributed by atoms with van der Waals surface area (Å²) in [5, 5.41) is 6.13. The predicted molar refractivity (Wildman–Crippen MR) is 92.1 cm³/mol. The van der Waals surface area contributed by atoms with E-state index in [0.29, 0.717) is 19.7 Å². The van der Waals surface area contributed by atoms with Gasteiger partial charge in [0.1, 0.15) is 12.7 Å². The second kappa shape index (κ2) is 7.84. The van der Waals surface area contributed by atoms with Crippen LogP contribution < -0.4 is 20.1 Å². The second-order valence-corrected chi connectivity index (χ2v) is 5.83. The molecule has 2 aromatic carbocycles. The predicted octanol–water partition coefficient (Wildman–Crippen LogP) is 2.12. The lowest BCUT2D eigenvalue weighted by molar-refractivity contribution is -0.123. The maximum atomic E-state index is 12.1. The monoisotopic (exact) mass is 326 g/mol. The molecule has 0 radical (unpaired) electrons. The molecule has 0 fully saturated rings. The van der Waals surface area contributed by atoms with Gasteiger partial charge in [-0.3, -0.25) is 4.79 Å². The minimum Gasteiger partial charge on any atom is -0.486 e. The summed E-state index contributed by atoms with van der Waals surface area (Å²) >= 11 is 0. The lowest BCUT2D eigenvalue weighted by Gasteiger charge is -2.27. The Bertz CT molecular complexity index is 675. The highest BCUT2D eigenvalue weighted by Gasteiger charge is 2.22. The van der Waals surface area contributed by atoms with Gasteiger partial charge in [0.15, 0.2) is 11.5 Å². The van der Waals surface area contributed by atoms with E-state index in [4.69, 9.17) is 9.47 Å². The zero-order chi connectivity index (χ0) is 16.8. The van der Waals surface area contributed by atoms with Crippen LogP contribution in [0.5, 0.6) is 11.5 Å². The molecule has 1 heterocycles. The number of rotatable bonds is 6. The maximum absolute atomic E-state index is 12.1. The van der Waals surface area contributed by atoms with Crippen LogP contribution in [0.15, 0.2) is 54.6 Å². The highest BCUT2D eigenvalue weighted by molar-refractivity contribution is 5.81. The van der Waals surface area contributed by atoms with Crippen molar-refractivity contribution in [1.29, 1.82) is 0 Å². The van der Waals surface area contributed by atoms with E-state index in [1.54, 1.807) is 0 Å². The molecule has 0 unspecified atom stereocenters. The Balaban J connectivity index is 1.42. The van der Waals surface area contributed by atoms with Crippen LogP contribution in [-0.2, 0) is 11.3 Å². The molecule has 2 N–H and O–H groups in total. The van der Waals surface area contributed by atoms with Crippen molar-refractivity contribution in [2.75, 3.05) is 13.2 Å². The molecule has 0 aromatic heterocycles. The van der Waals surface area contributed by atoms with Gasteiger partial charge < -0.3 is 20.1 Å². The third-order valence-corrected chi connectivity index (χ3v) is 3.92. The molecule has 2 aromatic rings. The fourth-order valence-corrected chi connectivity index (χ4v) is 2.50. The van der Waals surface area contributed by atoms with Crippen molar-refractivity contribution in [3.63, 3.8) is 0 Å². The first-order valence-electron chi connectivity index (χ1n) is 8.16. The maximum Gasteiger partial charge on any atom is 0.237 e. The molecule has 5 heteroatoms. The number of amides is 1. The number of carbonyl (C=O) groups is 1. The largest absolute Gasteiger partial charge is 0.486 e. The Kier molecular flexibility index (Phi) is 5.33. The van der Waals surface area contributed by atoms with Crippen LogP contribution in [0.25, 0.3) is 0 Å². The topological polar surface area (TPSA) is 59.6 Å². The first-order chi connectivity index (χ1) is 11.7. The average Bonchev–Trinajstić information content (AvgIpc) is 2.64. The highest BCUT2D eigenvalue weighted by atomic mass is 16.6. The number of carbonyl (C=O) groups excluding carboxylic acids is 1. The fourth-order valence-electron chi connectivity index (χ4n) is 2.50. The molecule has 2 atom stereocenters. The Labute approximate surface area is 142 Å². The summed E-state index contributed by atoms with van der Waals surface area (Å²) < 4.78 is 11.5. The Morgan fingerprint density at radius 1 is 1.12 bits per heavy atom. The van der Waals surface area contributed by atoms with Crippen molar-refractivity contribution >= 4 is 5.91 Å². The van der Waals surface area contributed by atoms with Crippen LogP contribution in [0.4, 0.5) is 0 Å². The highest BCUT2D eigenvalue weighted by Crippen LogP contribution is 2.30. The van der Waals surface area contributed by atoms with Gasteiger partial charge in [-0.1, -0.05) is 42.5 Å². The van der Waals surface area contributed by atoms with E-state index in [-0.39, 0.29) is 18.1 Å². The van der Waals surface area contributed by atoms with Gasteiger partial charge in [-0.25, -0.2) is 0 Å². The van der Waals surface area contributed by atoms with E-state index >= 15 is 0 Å². The number of hydrogen-bond acceptors (Lipinski definition) is 4. The molecule has 5 nitrogen and oxygen atoms in total. The number of ether oxygens (including phenoxy) is 2. The quantitative estimate of drug-likeness (QED) is 0.854. The molecule has 1 aliphatic heterocycles. The SMILES string of the molecule is C[C@@H](NC[C@@H]1COc2ccccc2O1)C(=O)NCc1ccccc1. The van der Waals surface area contributed by atoms with Crippen LogP contribution in [0.1, 0.15) is 12.5 Å². The van der Waals surface area contributed by atoms with E-state index in [1.807, 2.05) is 61.5 Å². The molecular weight excluding hydrogens is 304 g/mol. The molecule has 0 saturated carbocycles. The third kappa shape index (κ3) is 4.26. The first-order valence-corrected chi connectivity index (χ1v) is 8.16. The van der Waals surface area contributed by atoms with Gasteiger partial charge in [-0.15, -0.1) is 0 Å². The number of benzene rings is 2. The Hall–Kier alpha value is -2.53. The summed E-state index contributed by atoms with van der Waals surface area (Å²) in [5.74, 6) is 1.48. The molecule has 0 bridgehead atoms. The first kappa shape index (κ1) is 16.3. The molecule has 24 heavy (non-hydrogen) atoms. The van der Waals surface area contributed by atoms with Crippen molar-refractivity contribution in [3.05, 3.63) is 60.2 Å². The summed E-state index contributed by atoms with van der Waals surface area (Å²) in [7, 11) is 0. The Morgan fingerprint density at radius 3 is 2.62 bits per heavy atom. The van der Waals surface area contributed by atoms with Gasteiger partial charge in [0.05, 0.1) is 6.04 Å². The van der Waals surface area contributed by atoms with Crippen LogP contribution in [0, 0.1) is 0 Å². The second-order valence-electron chi connectivity index (χ2n) is 5.83. The summed E-state index contributed by atoms with van der Waals surface area (Å²) in [6, 6.07) is 17.2. The third-order valence-electron chi connectivity index (χ3n) is 3.92. The lowest BCUT2D eigenvalue weighted by Crippen LogP contribution is -2.47. The van der Waals surface area contributed by atoms with E-state index in [0.717, 1.165) is 17.1 Å². The Morgan fingerprint density at radius 2 is 1.83 bits per heavy atom. The standard InChI is InChI=1S/C19H22N2O3/c1-14(19(22)21-11-15-7-3-2-4-8-15)20-12-16-13-23-17-9-5-6-10-18(17)24-16/h2-10,14,16,20H,11-13H2,1H3,(H,21,22)/t14-,16-/m1/s1. The minimum absolute atomic E-state index is 0.0315. The van der Waals surface area contributed by atoms with Gasteiger partial charge >= 0.3 is 0 Å². The molecule has 1 amide bonds. The fraction of sp³-hybridized carbons (Fsp3) is 0.316. The summed E-state index contributed by atoms with van der Waals surface area (Å²) in [5.41, 5.74) is 1.08. The molecule has 126 valence electrons. The van der Waals surface area contributed by atoms with Crippen LogP contribution in [-0.4, -0.2) is 31.2 Å². The average molecular weight is 326 g/mol. The van der Waals surface area contributed by atoms with Crippen LogP contribution in [0.3, 0.4) is 0 Å². The molecule has 0 aliphatic carbocycles. The molecule has 3 rings (SSSR count). The summed E-state index contributed by atoms with van der Waals surface area (Å²) in [6.07, 6.45) is -0.107. The molecule has 1 aliphatic rings. The van der Waals surface area contributed by atoms with Gasteiger partial charge in [0, 0.05) is 13.1 Å². The number of para-hydroxylation sites is 2. The lowest BCUT2D eigenvalue weighted by atomic mass is 10.2. The molecule has 0 saturated heterocycles. The van der Waals surface area contributed by atoms with Crippen LogP contribution >= 0.6 is 0 Å². The number of nitrogens with one attached hydrogen (secondary N) is 2. The summed E-state index contributed by atoms with van der Waals surface area (Å²) in [6.45, 7) is 3.40. The van der Waals surface area contributed by atoms with Gasteiger partial charge in [-0.05, 0) is 24.6 Å². The zero-order valence-electron chi connectivity index (χ0n) is 13.7. The van der Waals surface area contributed by atoms with Gasteiger partial charge in [0.25, 0.3) is 0 Å². The number of hydrogen-bond donors (Lipinski definition) is 2.